The first kappa shape index (κ1) is 7.21. The van der Waals surface area contributed by atoms with E-state index in [0.29, 0.717) is 11.7 Å². The molecular formula is C6H11N3O. The van der Waals surface area contributed by atoms with E-state index in [1.165, 1.54) is 6.39 Å². The summed E-state index contributed by atoms with van der Waals surface area (Å²) < 4.78 is 4.54. The first-order valence-electron chi connectivity index (χ1n) is 3.23. The van der Waals surface area contributed by atoms with Gasteiger partial charge >= 0.3 is 0 Å². The number of aromatic nitrogens is 2. The molecule has 56 valence electrons. The van der Waals surface area contributed by atoms with Crippen LogP contribution in [0.3, 0.4) is 0 Å². The number of rotatable bonds is 2. The third-order valence-electron chi connectivity index (χ3n) is 1.39. The lowest BCUT2D eigenvalue weighted by molar-refractivity contribution is 0.391. The zero-order chi connectivity index (χ0) is 7.56. The van der Waals surface area contributed by atoms with Gasteiger partial charge in [-0.05, 0) is 5.92 Å². The fourth-order valence-corrected chi connectivity index (χ4v) is 0.624. The minimum Gasteiger partial charge on any atom is -0.343 e. The molecule has 0 aromatic carbocycles. The van der Waals surface area contributed by atoms with Crippen molar-refractivity contribution in [2.24, 2.45) is 11.7 Å². The minimum absolute atomic E-state index is 0.112. The molecule has 0 saturated carbocycles. The third kappa shape index (κ3) is 1.33. The molecular weight excluding hydrogens is 130 g/mol. The summed E-state index contributed by atoms with van der Waals surface area (Å²) in [4.78, 5) is 3.83. The molecule has 10 heavy (non-hydrogen) atoms. The van der Waals surface area contributed by atoms with Gasteiger partial charge in [0.1, 0.15) is 0 Å². The molecule has 0 aliphatic rings. The summed E-state index contributed by atoms with van der Waals surface area (Å²) >= 11 is 0. The first-order valence-corrected chi connectivity index (χ1v) is 3.23. The molecule has 4 nitrogen and oxygen atoms in total. The summed E-state index contributed by atoms with van der Waals surface area (Å²) in [6.07, 6.45) is 1.29. The van der Waals surface area contributed by atoms with Crippen LogP contribution in [-0.4, -0.2) is 10.1 Å². The maximum Gasteiger partial charge on any atom is 0.213 e. The number of nitrogens with two attached hydrogens (primary N) is 1. The van der Waals surface area contributed by atoms with Crippen molar-refractivity contribution in [2.45, 2.75) is 19.9 Å². The second kappa shape index (κ2) is 2.79. The normalized spacial score (nSPS) is 14.0. The quantitative estimate of drug-likeness (QED) is 0.659. The highest BCUT2D eigenvalue weighted by Crippen LogP contribution is 2.13. The Kier molecular flexibility index (Phi) is 2.01. The Morgan fingerprint density at radius 3 is 2.70 bits per heavy atom. The Morgan fingerprint density at radius 1 is 1.60 bits per heavy atom. The zero-order valence-corrected chi connectivity index (χ0v) is 6.11. The van der Waals surface area contributed by atoms with Gasteiger partial charge in [-0.25, -0.2) is 0 Å². The van der Waals surface area contributed by atoms with Gasteiger partial charge in [0.15, 0.2) is 5.82 Å². The fraction of sp³-hybridized carbons (Fsp3) is 0.667. The van der Waals surface area contributed by atoms with Crippen LogP contribution in [0, 0.1) is 5.92 Å². The van der Waals surface area contributed by atoms with Crippen molar-refractivity contribution in [1.29, 1.82) is 0 Å². The highest BCUT2D eigenvalue weighted by Gasteiger charge is 2.13. The van der Waals surface area contributed by atoms with Gasteiger partial charge < -0.3 is 10.3 Å². The van der Waals surface area contributed by atoms with E-state index in [1.807, 2.05) is 13.8 Å². The van der Waals surface area contributed by atoms with Crippen LogP contribution in [-0.2, 0) is 0 Å². The lowest BCUT2D eigenvalue weighted by atomic mass is 10.1. The second-order valence-corrected chi connectivity index (χ2v) is 2.56. The van der Waals surface area contributed by atoms with Crippen LogP contribution in [0.4, 0.5) is 0 Å². The SMILES string of the molecule is CC(C)[C@@H](N)c1ncon1. The van der Waals surface area contributed by atoms with Gasteiger partial charge in [0.25, 0.3) is 0 Å². The Bertz CT molecular complexity index is 183. The van der Waals surface area contributed by atoms with Crippen molar-refractivity contribution in [3.05, 3.63) is 12.2 Å². The third-order valence-corrected chi connectivity index (χ3v) is 1.39. The molecule has 0 amide bonds. The number of nitrogens with zero attached hydrogens (tertiary/aromatic N) is 2. The highest BCUT2D eigenvalue weighted by molar-refractivity contribution is 4.89. The van der Waals surface area contributed by atoms with Crippen molar-refractivity contribution in [3.8, 4) is 0 Å². The van der Waals surface area contributed by atoms with Gasteiger partial charge in [0.2, 0.25) is 6.39 Å². The van der Waals surface area contributed by atoms with E-state index in [2.05, 4.69) is 14.7 Å². The predicted octanol–water partition coefficient (Wildman–Crippen LogP) is 0.725. The van der Waals surface area contributed by atoms with Gasteiger partial charge in [-0.1, -0.05) is 19.0 Å². The summed E-state index contributed by atoms with van der Waals surface area (Å²) in [7, 11) is 0. The zero-order valence-electron chi connectivity index (χ0n) is 6.11. The molecule has 0 spiro atoms. The summed E-state index contributed by atoms with van der Waals surface area (Å²) in [6, 6.07) is -0.112. The summed E-state index contributed by atoms with van der Waals surface area (Å²) in [5, 5.41) is 3.63. The average Bonchev–Trinajstić information content (AvgIpc) is 2.36. The van der Waals surface area contributed by atoms with Gasteiger partial charge in [-0.15, -0.1) is 0 Å². The van der Waals surface area contributed by atoms with Crippen LogP contribution in [0.15, 0.2) is 10.9 Å². The minimum atomic E-state index is -0.112. The summed E-state index contributed by atoms with van der Waals surface area (Å²) in [5.41, 5.74) is 5.70. The molecule has 1 aromatic rings. The maximum atomic E-state index is 5.70. The summed E-state index contributed by atoms with van der Waals surface area (Å²) in [5.74, 6) is 0.924. The van der Waals surface area contributed by atoms with E-state index in [1.54, 1.807) is 0 Å². The van der Waals surface area contributed by atoms with E-state index < -0.39 is 0 Å². The second-order valence-electron chi connectivity index (χ2n) is 2.56. The lowest BCUT2D eigenvalue weighted by Gasteiger charge is -2.09. The van der Waals surface area contributed by atoms with Crippen molar-refractivity contribution >= 4 is 0 Å². The van der Waals surface area contributed by atoms with E-state index in [9.17, 15) is 0 Å². The molecule has 0 bridgehead atoms. The molecule has 0 fully saturated rings. The molecule has 1 rings (SSSR count). The number of hydrogen-bond acceptors (Lipinski definition) is 4. The lowest BCUT2D eigenvalue weighted by Crippen LogP contribution is -2.17. The monoisotopic (exact) mass is 141 g/mol. The fourth-order valence-electron chi connectivity index (χ4n) is 0.624. The van der Waals surface area contributed by atoms with Crippen LogP contribution in [0.25, 0.3) is 0 Å². The smallest absolute Gasteiger partial charge is 0.213 e. The van der Waals surface area contributed by atoms with Gasteiger partial charge in [0, 0.05) is 0 Å². The van der Waals surface area contributed by atoms with Gasteiger partial charge in [-0.3, -0.25) is 0 Å². The average molecular weight is 141 g/mol. The van der Waals surface area contributed by atoms with Crippen molar-refractivity contribution in [2.75, 3.05) is 0 Å². The van der Waals surface area contributed by atoms with Crippen LogP contribution < -0.4 is 5.73 Å². The first-order chi connectivity index (χ1) is 4.72. The summed E-state index contributed by atoms with van der Waals surface area (Å²) in [6.45, 7) is 4.03. The highest BCUT2D eigenvalue weighted by atomic mass is 16.5. The standard InChI is InChI=1S/C6H11N3O/c1-4(2)5(7)6-8-3-10-9-6/h3-5H,7H2,1-2H3/t5-/m1/s1. The largest absolute Gasteiger partial charge is 0.343 e. The van der Waals surface area contributed by atoms with Gasteiger partial charge in [-0.2, -0.15) is 4.98 Å². The van der Waals surface area contributed by atoms with E-state index >= 15 is 0 Å². The van der Waals surface area contributed by atoms with Gasteiger partial charge in [0.05, 0.1) is 6.04 Å². The van der Waals surface area contributed by atoms with E-state index in [-0.39, 0.29) is 6.04 Å². The molecule has 0 radical (unpaired) electrons. The molecule has 1 aromatic heterocycles. The maximum absolute atomic E-state index is 5.70. The molecule has 0 aliphatic heterocycles. The van der Waals surface area contributed by atoms with Crippen molar-refractivity contribution < 1.29 is 4.52 Å². The van der Waals surface area contributed by atoms with Crippen LogP contribution >= 0.6 is 0 Å². The Labute approximate surface area is 59.4 Å². The Balaban J connectivity index is 2.68. The Hall–Kier alpha value is -0.900. The topological polar surface area (TPSA) is 64.9 Å². The Morgan fingerprint density at radius 2 is 2.30 bits per heavy atom. The molecule has 0 saturated heterocycles. The van der Waals surface area contributed by atoms with Crippen LogP contribution in [0.5, 0.6) is 0 Å². The molecule has 0 aliphatic carbocycles. The molecule has 2 N–H and O–H groups in total. The molecule has 0 unspecified atom stereocenters. The molecule has 4 heteroatoms. The number of hydrogen-bond donors (Lipinski definition) is 1. The van der Waals surface area contributed by atoms with E-state index in [0.717, 1.165) is 0 Å². The molecule has 1 atom stereocenters. The van der Waals surface area contributed by atoms with E-state index in [4.69, 9.17) is 5.73 Å². The molecule has 1 heterocycles. The van der Waals surface area contributed by atoms with Crippen LogP contribution in [0.2, 0.25) is 0 Å². The van der Waals surface area contributed by atoms with Crippen molar-refractivity contribution in [3.63, 3.8) is 0 Å². The van der Waals surface area contributed by atoms with Crippen molar-refractivity contribution in [1.82, 2.24) is 10.1 Å². The predicted molar refractivity (Wildman–Crippen MR) is 36.1 cm³/mol. The van der Waals surface area contributed by atoms with Crippen LogP contribution in [0.1, 0.15) is 25.7 Å².